The van der Waals surface area contributed by atoms with Crippen LogP contribution in [-0.4, -0.2) is 31.4 Å². The fraction of sp³-hybridized carbons (Fsp3) is 0. The standard InChI is InChI=1S/C50H29B4NO/c51-45-43(32-14-2-1-3-15-32)46(52)48(54)49(47(45)53)55(35-19-8-17-33(28-35)38-23-10-16-30-12-4-6-21-37(30)38)36-20-9-18-34(29-36)39-24-11-25-42-44(39)41-27-26-31-13-5-7-22-40(31)50(41)56-42/h1-29H. The van der Waals surface area contributed by atoms with Gasteiger partial charge in [0.2, 0.25) is 0 Å². The van der Waals surface area contributed by atoms with Gasteiger partial charge in [0.15, 0.2) is 0 Å². The van der Waals surface area contributed by atoms with Gasteiger partial charge in [-0.1, -0.05) is 161 Å². The second kappa shape index (κ2) is 13.6. The van der Waals surface area contributed by atoms with Crippen molar-refractivity contribution < 1.29 is 4.42 Å². The molecule has 1 aromatic heterocycles. The SMILES string of the molecule is [B]c1c([B])c(N(c2cccc(-c3cccc4ccccc34)c2)c2cccc(-c3cccc4oc5c6ccccc6ccc5c34)c2)c([B])c([B])c1-c1ccccc1. The van der Waals surface area contributed by atoms with Crippen LogP contribution < -0.4 is 26.8 Å². The maximum Gasteiger partial charge on any atom is 0.143 e. The Morgan fingerprint density at radius 2 is 0.929 bits per heavy atom. The number of anilines is 3. The maximum absolute atomic E-state index is 7.09. The summed E-state index contributed by atoms with van der Waals surface area (Å²) in [4.78, 5) is 2.07. The van der Waals surface area contributed by atoms with Gasteiger partial charge in [-0.2, -0.15) is 0 Å². The van der Waals surface area contributed by atoms with Crippen molar-refractivity contribution in [3.05, 3.63) is 176 Å². The first-order valence-corrected chi connectivity index (χ1v) is 18.6. The molecule has 10 rings (SSSR count). The Labute approximate surface area is 331 Å². The molecule has 56 heavy (non-hydrogen) atoms. The van der Waals surface area contributed by atoms with E-state index in [4.69, 9.17) is 35.8 Å². The Morgan fingerprint density at radius 3 is 1.64 bits per heavy atom. The maximum atomic E-state index is 7.09. The number of nitrogens with zero attached hydrogens (tertiary/aromatic N) is 1. The Kier molecular flexibility index (Phi) is 8.22. The van der Waals surface area contributed by atoms with Crippen LogP contribution in [0.15, 0.2) is 180 Å². The van der Waals surface area contributed by atoms with E-state index in [0.717, 1.165) is 77.3 Å². The molecular formula is C50H29B4NO. The molecular weight excluding hydrogens is 674 g/mol. The first-order chi connectivity index (χ1) is 27.5. The van der Waals surface area contributed by atoms with Crippen LogP contribution in [0.5, 0.6) is 0 Å². The molecule has 1 heterocycles. The van der Waals surface area contributed by atoms with Crippen molar-refractivity contribution in [2.75, 3.05) is 4.90 Å². The molecule has 0 aliphatic carbocycles. The lowest BCUT2D eigenvalue weighted by molar-refractivity contribution is 0.673. The van der Waals surface area contributed by atoms with Gasteiger partial charge >= 0.3 is 0 Å². The minimum absolute atomic E-state index is 0.339. The summed E-state index contributed by atoms with van der Waals surface area (Å²) in [6.07, 6.45) is 0. The normalized spacial score (nSPS) is 11.5. The highest BCUT2D eigenvalue weighted by Crippen LogP contribution is 2.42. The van der Waals surface area contributed by atoms with E-state index in [2.05, 4.69) is 126 Å². The van der Waals surface area contributed by atoms with E-state index in [1.807, 2.05) is 54.6 Å². The molecule has 0 fully saturated rings. The van der Waals surface area contributed by atoms with Crippen LogP contribution in [0, 0.1) is 0 Å². The van der Waals surface area contributed by atoms with Crippen molar-refractivity contribution in [3.63, 3.8) is 0 Å². The van der Waals surface area contributed by atoms with Gasteiger partial charge in [0.05, 0.1) is 0 Å². The topological polar surface area (TPSA) is 16.4 Å². The molecule has 0 aliphatic rings. The number of hydrogen-bond donors (Lipinski definition) is 0. The van der Waals surface area contributed by atoms with Crippen molar-refractivity contribution in [3.8, 4) is 33.4 Å². The van der Waals surface area contributed by atoms with Gasteiger partial charge in [0, 0.05) is 33.2 Å². The summed E-state index contributed by atoms with van der Waals surface area (Å²) in [7, 11) is 28.0. The molecule has 0 unspecified atom stereocenters. The van der Waals surface area contributed by atoms with Crippen LogP contribution in [0.2, 0.25) is 0 Å². The second-order valence-electron chi connectivity index (χ2n) is 14.2. The van der Waals surface area contributed by atoms with Crippen LogP contribution >= 0.6 is 0 Å². The summed E-state index contributed by atoms with van der Waals surface area (Å²) in [5, 5.41) is 6.65. The average molecular weight is 703 g/mol. The van der Waals surface area contributed by atoms with E-state index in [9.17, 15) is 0 Å². The second-order valence-corrected chi connectivity index (χ2v) is 14.2. The Morgan fingerprint density at radius 1 is 0.393 bits per heavy atom. The largest absolute Gasteiger partial charge is 0.455 e. The van der Waals surface area contributed by atoms with E-state index in [0.29, 0.717) is 33.1 Å². The molecule has 0 N–H and O–H groups in total. The zero-order chi connectivity index (χ0) is 37.9. The number of fused-ring (bicyclic) bond motifs is 6. The van der Waals surface area contributed by atoms with Crippen LogP contribution in [0.4, 0.5) is 17.1 Å². The molecule has 6 heteroatoms. The highest BCUT2D eigenvalue weighted by atomic mass is 16.3. The molecule has 2 nitrogen and oxygen atoms in total. The molecule has 0 saturated carbocycles. The fourth-order valence-electron chi connectivity index (χ4n) is 8.28. The quantitative estimate of drug-likeness (QED) is 0.161. The molecule has 9 aromatic carbocycles. The van der Waals surface area contributed by atoms with Gasteiger partial charge < -0.3 is 9.32 Å². The van der Waals surface area contributed by atoms with Crippen LogP contribution in [0.1, 0.15) is 0 Å². The van der Waals surface area contributed by atoms with E-state index in [1.165, 1.54) is 5.39 Å². The lowest BCUT2D eigenvalue weighted by Gasteiger charge is -2.33. The van der Waals surface area contributed by atoms with Crippen LogP contribution in [0.25, 0.3) is 76.9 Å². The minimum Gasteiger partial charge on any atom is -0.455 e. The molecule has 0 spiro atoms. The van der Waals surface area contributed by atoms with Crippen molar-refractivity contribution in [2.45, 2.75) is 0 Å². The Bertz CT molecular complexity index is 3120. The molecule has 0 amide bonds. The predicted molar refractivity (Wildman–Crippen MR) is 241 cm³/mol. The Balaban J connectivity index is 1.21. The smallest absolute Gasteiger partial charge is 0.143 e. The van der Waals surface area contributed by atoms with Crippen molar-refractivity contribution in [1.82, 2.24) is 0 Å². The molecule has 0 aliphatic heterocycles. The highest BCUT2D eigenvalue weighted by Gasteiger charge is 2.23. The lowest BCUT2D eigenvalue weighted by Crippen LogP contribution is -2.46. The van der Waals surface area contributed by atoms with Crippen LogP contribution in [0.3, 0.4) is 0 Å². The van der Waals surface area contributed by atoms with Crippen molar-refractivity contribution in [1.29, 1.82) is 0 Å². The molecule has 252 valence electrons. The van der Waals surface area contributed by atoms with Gasteiger partial charge in [-0.25, -0.2) is 0 Å². The lowest BCUT2D eigenvalue weighted by atomic mass is 9.64. The minimum atomic E-state index is 0.339. The predicted octanol–water partition coefficient (Wildman–Crippen LogP) is 9.54. The fourth-order valence-corrected chi connectivity index (χ4v) is 8.28. The summed E-state index contributed by atoms with van der Waals surface area (Å²) < 4.78 is 6.56. The zero-order valence-electron chi connectivity index (χ0n) is 30.4. The summed E-state index contributed by atoms with van der Waals surface area (Å²) >= 11 is 0. The Hall–Kier alpha value is -6.64. The number of rotatable bonds is 6. The van der Waals surface area contributed by atoms with Gasteiger partial charge in [0.1, 0.15) is 42.6 Å². The molecule has 8 radical (unpaired) electrons. The van der Waals surface area contributed by atoms with Gasteiger partial charge in [0.25, 0.3) is 0 Å². The summed E-state index contributed by atoms with van der Waals surface area (Å²) in [6, 6.07) is 60.2. The molecule has 0 bridgehead atoms. The van der Waals surface area contributed by atoms with E-state index in [-0.39, 0.29) is 0 Å². The molecule has 10 aromatic rings. The van der Waals surface area contributed by atoms with Gasteiger partial charge in [-0.05, 0) is 85.9 Å². The first-order valence-electron chi connectivity index (χ1n) is 18.6. The van der Waals surface area contributed by atoms with Gasteiger partial charge in [-0.15, -0.1) is 0 Å². The monoisotopic (exact) mass is 703 g/mol. The van der Waals surface area contributed by atoms with E-state index in [1.54, 1.807) is 0 Å². The summed E-state index contributed by atoms with van der Waals surface area (Å²) in [5.41, 5.74) is 11.0. The molecule has 0 saturated heterocycles. The summed E-state index contributed by atoms with van der Waals surface area (Å²) in [5.74, 6) is 0. The van der Waals surface area contributed by atoms with Crippen molar-refractivity contribution >= 4 is 114 Å². The van der Waals surface area contributed by atoms with E-state index >= 15 is 0 Å². The number of furan rings is 1. The zero-order valence-corrected chi connectivity index (χ0v) is 30.4. The third-order valence-electron chi connectivity index (χ3n) is 10.9. The van der Waals surface area contributed by atoms with Crippen molar-refractivity contribution in [2.24, 2.45) is 0 Å². The highest BCUT2D eigenvalue weighted by molar-refractivity contribution is 6.63. The molecule has 0 atom stereocenters. The number of benzene rings is 9. The first kappa shape index (κ1) is 33.9. The third-order valence-corrected chi connectivity index (χ3v) is 10.9. The summed E-state index contributed by atoms with van der Waals surface area (Å²) in [6.45, 7) is 0. The van der Waals surface area contributed by atoms with Crippen LogP contribution in [-0.2, 0) is 0 Å². The average Bonchev–Trinajstić information content (AvgIpc) is 3.64. The van der Waals surface area contributed by atoms with E-state index < -0.39 is 0 Å². The number of hydrogen-bond acceptors (Lipinski definition) is 2. The third kappa shape index (κ3) is 5.47. The van der Waals surface area contributed by atoms with Gasteiger partial charge in [-0.3, -0.25) is 0 Å².